The van der Waals surface area contributed by atoms with Gasteiger partial charge in [-0.2, -0.15) is 5.26 Å². The largest absolute Gasteiger partial charge is 0.391 e. The molecule has 1 aliphatic carbocycles. The molecule has 3 fully saturated rings. The molecule has 3 heterocycles. The summed E-state index contributed by atoms with van der Waals surface area (Å²) in [4.78, 5) is 7.45. The second kappa shape index (κ2) is 7.56. The first-order valence-electron chi connectivity index (χ1n) is 10.3. The minimum absolute atomic E-state index is 0.182. The van der Waals surface area contributed by atoms with Crippen LogP contribution in [0.3, 0.4) is 0 Å². The van der Waals surface area contributed by atoms with Crippen molar-refractivity contribution < 1.29 is 5.11 Å². The van der Waals surface area contributed by atoms with E-state index < -0.39 is 0 Å². The maximum absolute atomic E-state index is 10.8. The summed E-state index contributed by atoms with van der Waals surface area (Å²) in [5.41, 5.74) is 3.20. The van der Waals surface area contributed by atoms with Crippen LogP contribution in [0.1, 0.15) is 29.8 Å². The molecule has 27 heavy (non-hydrogen) atoms. The van der Waals surface area contributed by atoms with Crippen LogP contribution in [0.5, 0.6) is 0 Å². The van der Waals surface area contributed by atoms with E-state index in [1.807, 2.05) is 17.7 Å². The zero-order valence-corrected chi connectivity index (χ0v) is 16.9. The van der Waals surface area contributed by atoms with Crippen molar-refractivity contribution in [3.8, 4) is 6.07 Å². The predicted molar refractivity (Wildman–Crippen MR) is 105 cm³/mol. The van der Waals surface area contributed by atoms with Crippen molar-refractivity contribution >= 4 is 0 Å². The quantitative estimate of drug-likeness (QED) is 0.860. The number of nitrogens with zero attached hydrogens (tertiary/aromatic N) is 5. The van der Waals surface area contributed by atoms with E-state index >= 15 is 0 Å². The lowest BCUT2D eigenvalue weighted by atomic mass is 9.77. The van der Waals surface area contributed by atoms with Crippen molar-refractivity contribution in [2.24, 2.45) is 18.9 Å². The maximum atomic E-state index is 10.8. The molecule has 1 aromatic heterocycles. The highest BCUT2D eigenvalue weighted by molar-refractivity contribution is 5.34. The van der Waals surface area contributed by atoms with Gasteiger partial charge in [-0.1, -0.05) is 0 Å². The molecule has 0 aromatic carbocycles. The minimum atomic E-state index is -0.182. The van der Waals surface area contributed by atoms with E-state index in [1.165, 1.54) is 11.3 Å². The average molecular weight is 372 g/mol. The Morgan fingerprint density at radius 1 is 1.11 bits per heavy atom. The Balaban J connectivity index is 1.39. The Hall–Kier alpha value is -1.39. The summed E-state index contributed by atoms with van der Waals surface area (Å²) in [5.74, 6) is 1.31. The lowest BCUT2D eigenvalue weighted by molar-refractivity contribution is -0.0249. The molecule has 1 aromatic rings. The van der Waals surface area contributed by atoms with Gasteiger partial charge in [0, 0.05) is 64.6 Å². The molecule has 4 rings (SSSR count). The fourth-order valence-electron chi connectivity index (χ4n) is 5.45. The van der Waals surface area contributed by atoms with Crippen LogP contribution in [0.15, 0.2) is 6.07 Å². The van der Waals surface area contributed by atoms with E-state index in [-0.39, 0.29) is 6.10 Å². The number of aromatic nitrogens is 1. The number of aliphatic hydroxyl groups excluding tert-OH is 1. The molecule has 6 heteroatoms. The molecule has 6 nitrogen and oxygen atoms in total. The SMILES string of the molecule is Cc1c(CN2C[C@H]3C[C@@H](N4CCN(C)CC4)[C@H](O)C[C@H]3C2)cc(C#N)n1C. The highest BCUT2D eigenvalue weighted by Gasteiger charge is 2.43. The van der Waals surface area contributed by atoms with Crippen LogP contribution in [0.25, 0.3) is 0 Å². The summed E-state index contributed by atoms with van der Waals surface area (Å²) in [6.07, 6.45) is 1.89. The van der Waals surface area contributed by atoms with Gasteiger partial charge in [0.05, 0.1) is 6.10 Å². The zero-order chi connectivity index (χ0) is 19.1. The van der Waals surface area contributed by atoms with E-state index in [0.29, 0.717) is 17.9 Å². The Morgan fingerprint density at radius 2 is 1.78 bits per heavy atom. The molecule has 3 aliphatic rings. The van der Waals surface area contributed by atoms with E-state index in [0.717, 1.165) is 64.3 Å². The summed E-state index contributed by atoms with van der Waals surface area (Å²) in [5, 5.41) is 20.1. The van der Waals surface area contributed by atoms with Gasteiger partial charge in [0.15, 0.2) is 0 Å². The van der Waals surface area contributed by atoms with E-state index in [9.17, 15) is 10.4 Å². The van der Waals surface area contributed by atoms with Gasteiger partial charge in [0.2, 0.25) is 0 Å². The third kappa shape index (κ3) is 3.66. The van der Waals surface area contributed by atoms with Gasteiger partial charge in [-0.05, 0) is 50.3 Å². The molecule has 0 unspecified atom stereocenters. The lowest BCUT2D eigenvalue weighted by Gasteiger charge is -2.44. The second-order valence-corrected chi connectivity index (χ2v) is 8.97. The Bertz CT molecular complexity index is 715. The van der Waals surface area contributed by atoms with E-state index in [2.05, 4.69) is 34.7 Å². The van der Waals surface area contributed by atoms with Crippen LogP contribution in [0, 0.1) is 30.1 Å². The summed E-state index contributed by atoms with van der Waals surface area (Å²) in [6, 6.07) is 4.66. The van der Waals surface area contributed by atoms with E-state index in [1.54, 1.807) is 0 Å². The van der Waals surface area contributed by atoms with Gasteiger partial charge in [0.25, 0.3) is 0 Å². The van der Waals surface area contributed by atoms with Crippen molar-refractivity contribution in [3.63, 3.8) is 0 Å². The predicted octanol–water partition coefficient (Wildman–Crippen LogP) is 1.02. The number of fused-ring (bicyclic) bond motifs is 1. The van der Waals surface area contributed by atoms with E-state index in [4.69, 9.17) is 0 Å². The molecule has 4 atom stereocenters. The molecule has 148 valence electrons. The summed E-state index contributed by atoms with van der Waals surface area (Å²) in [7, 11) is 4.15. The number of hydrogen-bond donors (Lipinski definition) is 1. The van der Waals surface area contributed by atoms with Crippen LogP contribution in [-0.4, -0.2) is 82.8 Å². The third-order valence-corrected chi connectivity index (χ3v) is 7.34. The Morgan fingerprint density at radius 3 is 2.41 bits per heavy atom. The highest BCUT2D eigenvalue weighted by atomic mass is 16.3. The standard InChI is InChI=1S/C21H33N5O/c1-15-16(8-19(11-22)24(15)3)12-25-13-17-9-20(21(27)10-18(17)14-25)26-6-4-23(2)5-7-26/h8,17-18,20-21,27H,4-7,9-10,12-14H2,1-3H3/t17-,18+,20-,21-/m1/s1. The fraction of sp³-hybridized carbons (Fsp3) is 0.762. The maximum Gasteiger partial charge on any atom is 0.120 e. The highest BCUT2D eigenvalue weighted by Crippen LogP contribution is 2.39. The first-order chi connectivity index (χ1) is 13.0. The smallest absolute Gasteiger partial charge is 0.120 e. The number of hydrogen-bond acceptors (Lipinski definition) is 5. The van der Waals surface area contributed by atoms with Gasteiger partial charge in [-0.25, -0.2) is 0 Å². The topological polar surface area (TPSA) is 58.7 Å². The number of piperazine rings is 1. The molecule has 0 radical (unpaired) electrons. The lowest BCUT2D eigenvalue weighted by Crippen LogP contribution is -2.55. The minimum Gasteiger partial charge on any atom is -0.391 e. The summed E-state index contributed by atoms with van der Waals surface area (Å²) < 4.78 is 1.99. The van der Waals surface area contributed by atoms with Gasteiger partial charge < -0.3 is 14.6 Å². The van der Waals surface area contributed by atoms with Crippen molar-refractivity contribution in [1.82, 2.24) is 19.3 Å². The first-order valence-corrected chi connectivity index (χ1v) is 10.3. The van der Waals surface area contributed by atoms with Crippen LogP contribution in [-0.2, 0) is 13.6 Å². The number of likely N-dealkylation sites (tertiary alicyclic amines) is 1. The van der Waals surface area contributed by atoms with Crippen molar-refractivity contribution in [3.05, 3.63) is 23.0 Å². The number of rotatable bonds is 3. The monoisotopic (exact) mass is 371 g/mol. The first kappa shape index (κ1) is 18.9. The zero-order valence-electron chi connectivity index (χ0n) is 16.9. The molecular weight excluding hydrogens is 338 g/mol. The molecule has 2 aliphatic heterocycles. The van der Waals surface area contributed by atoms with Crippen molar-refractivity contribution in [1.29, 1.82) is 5.26 Å². The summed E-state index contributed by atoms with van der Waals surface area (Å²) in [6.45, 7) is 9.61. The summed E-state index contributed by atoms with van der Waals surface area (Å²) >= 11 is 0. The van der Waals surface area contributed by atoms with Gasteiger partial charge in [0.1, 0.15) is 11.8 Å². The van der Waals surface area contributed by atoms with Gasteiger partial charge in [-0.15, -0.1) is 0 Å². The van der Waals surface area contributed by atoms with Gasteiger partial charge in [-0.3, -0.25) is 9.80 Å². The molecule has 2 saturated heterocycles. The molecular formula is C21H33N5O. The number of nitriles is 1. The van der Waals surface area contributed by atoms with Crippen LogP contribution >= 0.6 is 0 Å². The Labute approximate surface area is 163 Å². The van der Waals surface area contributed by atoms with Crippen LogP contribution in [0.2, 0.25) is 0 Å². The Kier molecular flexibility index (Phi) is 5.30. The van der Waals surface area contributed by atoms with Crippen LogP contribution in [0.4, 0.5) is 0 Å². The number of aliphatic hydroxyl groups is 1. The molecule has 1 N–H and O–H groups in total. The molecule has 0 amide bonds. The van der Waals surface area contributed by atoms with Gasteiger partial charge >= 0.3 is 0 Å². The molecule has 0 spiro atoms. The third-order valence-electron chi connectivity index (χ3n) is 7.34. The van der Waals surface area contributed by atoms with Crippen molar-refractivity contribution in [2.45, 2.75) is 38.5 Å². The fourth-order valence-corrected chi connectivity index (χ4v) is 5.45. The molecule has 0 bridgehead atoms. The van der Waals surface area contributed by atoms with Crippen LogP contribution < -0.4 is 0 Å². The number of likely N-dealkylation sites (N-methyl/N-ethyl adjacent to an activating group) is 1. The van der Waals surface area contributed by atoms with Crippen molar-refractivity contribution in [2.75, 3.05) is 46.3 Å². The average Bonchev–Trinajstić information content (AvgIpc) is 3.16. The normalized spacial score (nSPS) is 33.1. The second-order valence-electron chi connectivity index (χ2n) is 8.97. The molecule has 1 saturated carbocycles.